The number of nitrogens with one attached hydrogen (secondary N) is 1. The first-order chi connectivity index (χ1) is 12.9. The fourth-order valence-corrected chi connectivity index (χ4v) is 4.29. The van der Waals surface area contributed by atoms with Crippen molar-refractivity contribution >= 4 is 45.8 Å². The molecule has 6 heteroatoms. The lowest BCUT2D eigenvalue weighted by atomic mass is 10.1. The molecular formula is C21H21N3OS2. The highest BCUT2D eigenvalue weighted by atomic mass is 32.1. The van der Waals surface area contributed by atoms with E-state index in [9.17, 15) is 4.79 Å². The Morgan fingerprint density at radius 2 is 1.67 bits per heavy atom. The van der Waals surface area contributed by atoms with Gasteiger partial charge in [0.05, 0.1) is 10.6 Å². The predicted octanol–water partition coefficient (Wildman–Crippen LogP) is 5.15. The summed E-state index contributed by atoms with van der Waals surface area (Å²) in [5, 5.41) is 3.73. The van der Waals surface area contributed by atoms with Crippen LogP contribution < -0.4 is 10.1 Å². The van der Waals surface area contributed by atoms with Gasteiger partial charge in [-0.1, -0.05) is 47.7 Å². The molecule has 0 radical (unpaired) electrons. The summed E-state index contributed by atoms with van der Waals surface area (Å²) < 4.78 is 1.84. The summed E-state index contributed by atoms with van der Waals surface area (Å²) in [6.45, 7) is 7.53. The number of para-hydroxylation sites is 2. The summed E-state index contributed by atoms with van der Waals surface area (Å²) >= 11 is 7.01. The molecule has 0 unspecified atom stereocenters. The zero-order chi connectivity index (χ0) is 19.6. The maximum atomic E-state index is 12.1. The quantitative estimate of drug-likeness (QED) is 0.492. The average molecular weight is 396 g/mol. The molecule has 1 N–H and O–H groups in total. The van der Waals surface area contributed by atoms with Gasteiger partial charge in [0.2, 0.25) is 0 Å². The smallest absolute Gasteiger partial charge is 0.197 e. The van der Waals surface area contributed by atoms with Gasteiger partial charge in [0.1, 0.15) is 0 Å². The normalized spacial score (nSPS) is 11.5. The fourth-order valence-electron chi connectivity index (χ4n) is 2.87. The van der Waals surface area contributed by atoms with Crippen molar-refractivity contribution in [2.75, 3.05) is 5.32 Å². The largest absolute Gasteiger partial charge is 0.332 e. The van der Waals surface area contributed by atoms with Gasteiger partial charge in [-0.15, -0.1) is 0 Å². The van der Waals surface area contributed by atoms with Gasteiger partial charge in [0.25, 0.3) is 0 Å². The van der Waals surface area contributed by atoms with E-state index >= 15 is 0 Å². The molecular weight excluding hydrogens is 374 g/mol. The predicted molar refractivity (Wildman–Crippen MR) is 116 cm³/mol. The summed E-state index contributed by atoms with van der Waals surface area (Å²) in [4.78, 5) is 18.3. The molecule has 4 nitrogen and oxygen atoms in total. The molecule has 1 heterocycles. The monoisotopic (exact) mass is 395 g/mol. The molecule has 0 aliphatic rings. The van der Waals surface area contributed by atoms with Crippen molar-refractivity contribution in [1.29, 1.82) is 0 Å². The van der Waals surface area contributed by atoms with E-state index in [1.165, 1.54) is 11.3 Å². The number of anilines is 1. The van der Waals surface area contributed by atoms with Crippen molar-refractivity contribution in [3.05, 3.63) is 75.0 Å². The van der Waals surface area contributed by atoms with Crippen LogP contribution in [0.15, 0.2) is 53.5 Å². The van der Waals surface area contributed by atoms with E-state index in [1.54, 1.807) is 6.92 Å². The van der Waals surface area contributed by atoms with Crippen LogP contribution in [0.1, 0.15) is 33.4 Å². The van der Waals surface area contributed by atoms with E-state index in [2.05, 4.69) is 5.32 Å². The van der Waals surface area contributed by atoms with Gasteiger partial charge in [0, 0.05) is 18.3 Å². The standard InChI is InChI=1S/C21H21N3OS2/c1-13-9-8-10-14(2)18(13)23-21-24(15(3)19(27-21)16(4)25)20(26)22-17-11-6-5-7-12-17/h5-12H,1-4H3,(H,22,26). The minimum Gasteiger partial charge on any atom is -0.332 e. The zero-order valence-corrected chi connectivity index (χ0v) is 17.4. The maximum Gasteiger partial charge on any atom is 0.197 e. The van der Waals surface area contributed by atoms with Gasteiger partial charge in [-0.05, 0) is 56.2 Å². The van der Waals surface area contributed by atoms with Crippen molar-refractivity contribution < 1.29 is 4.79 Å². The van der Waals surface area contributed by atoms with Crippen molar-refractivity contribution in [3.8, 4) is 0 Å². The van der Waals surface area contributed by atoms with Crippen molar-refractivity contribution in [3.63, 3.8) is 0 Å². The molecule has 138 valence electrons. The lowest BCUT2D eigenvalue weighted by molar-refractivity contribution is 0.102. The second kappa shape index (κ2) is 7.98. The second-order valence-electron chi connectivity index (χ2n) is 6.34. The van der Waals surface area contributed by atoms with Gasteiger partial charge in [-0.2, -0.15) is 0 Å². The van der Waals surface area contributed by atoms with E-state index in [0.717, 1.165) is 28.2 Å². The molecule has 0 fully saturated rings. The number of aryl methyl sites for hydroxylation is 2. The fraction of sp³-hybridized carbons (Fsp3) is 0.190. The van der Waals surface area contributed by atoms with Crippen LogP contribution in [-0.2, 0) is 0 Å². The molecule has 0 amide bonds. The first-order valence-corrected chi connectivity index (χ1v) is 9.81. The molecule has 0 saturated heterocycles. The van der Waals surface area contributed by atoms with E-state index in [0.29, 0.717) is 14.8 Å². The Bertz CT molecular complexity index is 1060. The molecule has 0 spiro atoms. The molecule has 3 aromatic rings. The topological polar surface area (TPSA) is 46.4 Å². The highest BCUT2D eigenvalue weighted by molar-refractivity contribution is 7.80. The minimum atomic E-state index is 0.0108. The summed E-state index contributed by atoms with van der Waals surface area (Å²) in [6, 6.07) is 15.8. The van der Waals surface area contributed by atoms with Crippen LogP contribution in [0.2, 0.25) is 0 Å². The number of carbonyl (C=O) groups excluding carboxylic acids is 1. The molecule has 1 aromatic heterocycles. The molecule has 2 aromatic carbocycles. The van der Waals surface area contributed by atoms with Crippen LogP contribution in [0.3, 0.4) is 0 Å². The lowest BCUT2D eigenvalue weighted by Gasteiger charge is -2.11. The Morgan fingerprint density at radius 3 is 2.26 bits per heavy atom. The van der Waals surface area contributed by atoms with Gasteiger partial charge in [-0.3, -0.25) is 9.36 Å². The number of thiocarbonyl (C=S) groups is 1. The van der Waals surface area contributed by atoms with E-state index in [1.807, 2.05) is 73.9 Å². The first kappa shape index (κ1) is 19.2. The van der Waals surface area contributed by atoms with Gasteiger partial charge in [0.15, 0.2) is 15.7 Å². The third-order valence-corrected chi connectivity index (χ3v) is 5.77. The molecule has 0 aliphatic carbocycles. The summed E-state index contributed by atoms with van der Waals surface area (Å²) in [6.07, 6.45) is 0. The third-order valence-electron chi connectivity index (χ3n) is 4.24. The Hall–Kier alpha value is -2.57. The number of ketones is 1. The van der Waals surface area contributed by atoms with E-state index < -0.39 is 0 Å². The van der Waals surface area contributed by atoms with Crippen molar-refractivity contribution in [1.82, 2.24) is 4.57 Å². The Balaban J connectivity index is 2.17. The highest BCUT2D eigenvalue weighted by Gasteiger charge is 2.17. The van der Waals surface area contributed by atoms with Crippen molar-refractivity contribution in [2.45, 2.75) is 27.7 Å². The molecule has 0 aliphatic heterocycles. The summed E-state index contributed by atoms with van der Waals surface area (Å²) in [5.74, 6) is 0.0108. The average Bonchev–Trinajstić information content (AvgIpc) is 2.95. The summed E-state index contributed by atoms with van der Waals surface area (Å²) in [7, 11) is 0. The third kappa shape index (κ3) is 4.07. The number of rotatable bonds is 3. The molecule has 3 rings (SSSR count). The number of hydrogen-bond acceptors (Lipinski definition) is 4. The highest BCUT2D eigenvalue weighted by Crippen LogP contribution is 2.23. The molecule has 27 heavy (non-hydrogen) atoms. The van der Waals surface area contributed by atoms with Gasteiger partial charge in [-0.25, -0.2) is 4.99 Å². The number of carbonyl (C=O) groups is 1. The molecule has 0 bridgehead atoms. The van der Waals surface area contributed by atoms with Crippen LogP contribution in [0.5, 0.6) is 0 Å². The number of benzene rings is 2. The van der Waals surface area contributed by atoms with Crippen LogP contribution in [0, 0.1) is 20.8 Å². The lowest BCUT2D eigenvalue weighted by Crippen LogP contribution is -2.29. The van der Waals surface area contributed by atoms with E-state index in [4.69, 9.17) is 17.2 Å². The Kier molecular flexibility index (Phi) is 5.68. The van der Waals surface area contributed by atoms with Crippen LogP contribution in [-0.4, -0.2) is 15.5 Å². The first-order valence-electron chi connectivity index (χ1n) is 8.59. The maximum absolute atomic E-state index is 12.1. The Labute approximate surface area is 168 Å². The SMILES string of the molecule is CC(=O)c1sc(=Nc2c(C)cccc2C)n(C(=S)Nc2ccccc2)c1C. The van der Waals surface area contributed by atoms with Crippen molar-refractivity contribution in [2.24, 2.45) is 4.99 Å². The number of hydrogen-bond donors (Lipinski definition) is 1. The number of aromatic nitrogens is 1. The number of thiazole rings is 1. The zero-order valence-electron chi connectivity index (χ0n) is 15.7. The number of nitrogens with zero attached hydrogens (tertiary/aromatic N) is 2. The molecule has 0 atom stereocenters. The Morgan fingerprint density at radius 1 is 1.04 bits per heavy atom. The van der Waals surface area contributed by atoms with Crippen LogP contribution >= 0.6 is 23.6 Å². The summed E-state index contributed by atoms with van der Waals surface area (Å²) in [5.41, 5.74) is 4.76. The van der Waals surface area contributed by atoms with Crippen LogP contribution in [0.25, 0.3) is 0 Å². The second-order valence-corrected chi connectivity index (χ2v) is 7.70. The van der Waals surface area contributed by atoms with Gasteiger partial charge < -0.3 is 5.32 Å². The van der Waals surface area contributed by atoms with Gasteiger partial charge >= 0.3 is 0 Å². The molecule has 0 saturated carbocycles. The van der Waals surface area contributed by atoms with E-state index in [-0.39, 0.29) is 5.78 Å². The minimum absolute atomic E-state index is 0.0108. The van der Waals surface area contributed by atoms with Crippen LogP contribution in [0.4, 0.5) is 11.4 Å². The number of Topliss-reactive ketones (excluding diaryl/α,β-unsaturated/α-hetero) is 1.